The van der Waals surface area contributed by atoms with Crippen molar-refractivity contribution in [2.75, 3.05) is 13.7 Å². The number of carbonyl (C=O) groups excluding carboxylic acids is 1. The number of rotatable bonds is 5. The average Bonchev–Trinajstić information content (AvgIpc) is 2.60. The van der Waals surface area contributed by atoms with Crippen LogP contribution in [-0.4, -0.2) is 19.5 Å². The minimum Gasteiger partial charge on any atom is -0.495 e. The Morgan fingerprint density at radius 2 is 1.81 bits per heavy atom. The monoisotopic (exact) mass is 392 g/mol. The zero-order valence-corrected chi connectivity index (χ0v) is 15.5. The van der Waals surface area contributed by atoms with Gasteiger partial charge < -0.3 is 13.9 Å². The van der Waals surface area contributed by atoms with Gasteiger partial charge in [0, 0.05) is 23.1 Å². The van der Waals surface area contributed by atoms with Crippen LogP contribution in [0.2, 0.25) is 10.0 Å². The van der Waals surface area contributed by atoms with Crippen molar-refractivity contribution in [3.05, 3.63) is 68.0 Å². The molecule has 5 nitrogen and oxygen atoms in total. The zero-order chi connectivity index (χ0) is 18.8. The topological polar surface area (TPSA) is 65.7 Å². The first-order valence-corrected chi connectivity index (χ1v) is 8.38. The third-order valence-corrected chi connectivity index (χ3v) is 4.43. The molecule has 0 aliphatic heterocycles. The lowest BCUT2D eigenvalue weighted by molar-refractivity contribution is 0.0921. The molecule has 1 heterocycles. The van der Waals surface area contributed by atoms with Crippen LogP contribution in [0.4, 0.5) is 0 Å². The van der Waals surface area contributed by atoms with Gasteiger partial charge in [-0.2, -0.15) is 0 Å². The number of aryl methyl sites for hydroxylation is 1. The van der Waals surface area contributed by atoms with Crippen molar-refractivity contribution in [3.8, 4) is 11.5 Å². The third-order valence-electron chi connectivity index (χ3n) is 3.84. The molecule has 0 saturated carbocycles. The second-order valence-electron chi connectivity index (χ2n) is 5.59. The maximum absolute atomic E-state index is 12.3. The van der Waals surface area contributed by atoms with Gasteiger partial charge in [0.05, 0.1) is 17.2 Å². The van der Waals surface area contributed by atoms with Gasteiger partial charge in [-0.3, -0.25) is 4.79 Å². The summed E-state index contributed by atoms with van der Waals surface area (Å²) in [5.41, 5.74) is 1.00. The number of hydrogen-bond acceptors (Lipinski definition) is 5. The van der Waals surface area contributed by atoms with Crippen LogP contribution in [0.25, 0.3) is 11.0 Å². The Labute approximate surface area is 159 Å². The van der Waals surface area contributed by atoms with E-state index in [0.717, 1.165) is 5.56 Å². The molecule has 3 aromatic rings. The Morgan fingerprint density at radius 1 is 1.08 bits per heavy atom. The molecule has 0 N–H and O–H groups in total. The summed E-state index contributed by atoms with van der Waals surface area (Å²) in [6.07, 6.45) is 0. The summed E-state index contributed by atoms with van der Waals surface area (Å²) in [7, 11) is 1.49. The smallest absolute Gasteiger partial charge is 0.336 e. The van der Waals surface area contributed by atoms with Crippen LogP contribution in [0.3, 0.4) is 0 Å². The SMILES string of the molecule is COc1ccc(C(=O)COc2cc3oc(=O)cc(C)c3cc2Cl)cc1Cl. The van der Waals surface area contributed by atoms with Crippen LogP contribution in [0.15, 0.2) is 45.6 Å². The number of halogens is 2. The van der Waals surface area contributed by atoms with Crippen LogP contribution in [-0.2, 0) is 0 Å². The van der Waals surface area contributed by atoms with Crippen molar-refractivity contribution >= 4 is 40.0 Å². The largest absolute Gasteiger partial charge is 0.495 e. The molecular formula is C19H14Cl2O5. The first-order valence-electron chi connectivity index (χ1n) is 7.62. The van der Waals surface area contributed by atoms with Gasteiger partial charge in [-0.15, -0.1) is 0 Å². The molecule has 26 heavy (non-hydrogen) atoms. The molecule has 0 aliphatic rings. The van der Waals surface area contributed by atoms with E-state index in [0.29, 0.717) is 32.3 Å². The lowest BCUT2D eigenvalue weighted by Gasteiger charge is -2.10. The van der Waals surface area contributed by atoms with Crippen LogP contribution < -0.4 is 15.1 Å². The molecule has 0 aliphatic carbocycles. The van der Waals surface area contributed by atoms with E-state index in [4.69, 9.17) is 37.1 Å². The fraction of sp³-hybridized carbons (Fsp3) is 0.158. The van der Waals surface area contributed by atoms with Gasteiger partial charge in [0.2, 0.25) is 0 Å². The highest BCUT2D eigenvalue weighted by Crippen LogP contribution is 2.31. The molecule has 0 unspecified atom stereocenters. The van der Waals surface area contributed by atoms with E-state index in [1.807, 2.05) is 0 Å². The fourth-order valence-electron chi connectivity index (χ4n) is 2.50. The van der Waals surface area contributed by atoms with E-state index < -0.39 is 5.63 Å². The van der Waals surface area contributed by atoms with E-state index >= 15 is 0 Å². The van der Waals surface area contributed by atoms with Crippen molar-refractivity contribution < 1.29 is 18.7 Å². The molecule has 0 amide bonds. The molecule has 7 heteroatoms. The molecule has 0 fully saturated rings. The van der Waals surface area contributed by atoms with Crippen LogP contribution in [0.1, 0.15) is 15.9 Å². The van der Waals surface area contributed by atoms with Crippen molar-refractivity contribution in [2.45, 2.75) is 6.92 Å². The normalized spacial score (nSPS) is 10.8. The summed E-state index contributed by atoms with van der Waals surface area (Å²) < 4.78 is 15.7. The van der Waals surface area contributed by atoms with Crippen molar-refractivity contribution in [3.63, 3.8) is 0 Å². The number of hydrogen-bond donors (Lipinski definition) is 0. The van der Waals surface area contributed by atoms with E-state index in [-0.39, 0.29) is 18.1 Å². The van der Waals surface area contributed by atoms with Crippen molar-refractivity contribution in [1.82, 2.24) is 0 Å². The summed E-state index contributed by atoms with van der Waals surface area (Å²) >= 11 is 12.2. The molecule has 0 radical (unpaired) electrons. The predicted octanol–water partition coefficient (Wildman–Crippen LogP) is 4.68. The molecule has 2 aromatic carbocycles. The molecule has 0 saturated heterocycles. The molecule has 134 valence electrons. The Balaban J connectivity index is 1.83. The summed E-state index contributed by atoms with van der Waals surface area (Å²) in [6.45, 7) is 1.54. The summed E-state index contributed by atoms with van der Waals surface area (Å²) in [5, 5.41) is 1.35. The average molecular weight is 393 g/mol. The number of ether oxygens (including phenoxy) is 2. The number of methoxy groups -OCH3 is 1. The lowest BCUT2D eigenvalue weighted by atomic mass is 10.1. The number of Topliss-reactive ketones (excluding diaryl/α,β-unsaturated/α-hetero) is 1. The third kappa shape index (κ3) is 3.69. The van der Waals surface area contributed by atoms with Crippen molar-refractivity contribution in [1.29, 1.82) is 0 Å². The quantitative estimate of drug-likeness (QED) is 0.465. The van der Waals surface area contributed by atoms with Crippen LogP contribution >= 0.6 is 23.2 Å². The van der Waals surface area contributed by atoms with E-state index in [1.54, 1.807) is 25.1 Å². The van der Waals surface area contributed by atoms with E-state index in [1.165, 1.54) is 25.3 Å². The van der Waals surface area contributed by atoms with Gasteiger partial charge in [0.1, 0.15) is 17.1 Å². The zero-order valence-electron chi connectivity index (χ0n) is 14.0. The first-order chi connectivity index (χ1) is 12.4. The first kappa shape index (κ1) is 18.3. The molecule has 0 spiro atoms. The number of benzene rings is 2. The molecule has 1 aromatic heterocycles. The van der Waals surface area contributed by atoms with Gasteiger partial charge in [0.15, 0.2) is 12.4 Å². The Hall–Kier alpha value is -2.50. The standard InChI is InChI=1S/C19H14Cl2O5/c1-10-5-19(23)26-17-8-18(14(21)7-12(10)17)25-9-15(22)11-3-4-16(24-2)13(20)6-11/h3-8H,9H2,1-2H3. The van der Waals surface area contributed by atoms with Gasteiger partial charge >= 0.3 is 5.63 Å². The maximum atomic E-state index is 12.3. The minimum absolute atomic E-state index is 0.246. The van der Waals surface area contributed by atoms with E-state index in [9.17, 15) is 9.59 Å². The fourth-order valence-corrected chi connectivity index (χ4v) is 2.97. The summed E-state index contributed by atoms with van der Waals surface area (Å²) in [5.74, 6) is 0.449. The highest BCUT2D eigenvalue weighted by molar-refractivity contribution is 6.33. The number of carbonyl (C=O) groups is 1. The van der Waals surface area contributed by atoms with Crippen LogP contribution in [0, 0.1) is 6.92 Å². The number of fused-ring (bicyclic) bond motifs is 1. The highest BCUT2D eigenvalue weighted by Gasteiger charge is 2.13. The molecular weight excluding hydrogens is 379 g/mol. The Kier molecular flexibility index (Phi) is 5.20. The van der Waals surface area contributed by atoms with Gasteiger partial charge in [-0.25, -0.2) is 4.79 Å². The Bertz CT molecular complexity index is 1060. The highest BCUT2D eigenvalue weighted by atomic mass is 35.5. The van der Waals surface area contributed by atoms with Gasteiger partial charge in [-0.05, 0) is 36.8 Å². The lowest BCUT2D eigenvalue weighted by Crippen LogP contribution is -2.12. The van der Waals surface area contributed by atoms with Crippen LogP contribution in [0.5, 0.6) is 11.5 Å². The van der Waals surface area contributed by atoms with Gasteiger partial charge in [0.25, 0.3) is 0 Å². The maximum Gasteiger partial charge on any atom is 0.336 e. The molecule has 0 atom stereocenters. The van der Waals surface area contributed by atoms with Gasteiger partial charge in [-0.1, -0.05) is 23.2 Å². The predicted molar refractivity (Wildman–Crippen MR) is 100 cm³/mol. The second-order valence-corrected chi connectivity index (χ2v) is 6.40. The van der Waals surface area contributed by atoms with E-state index in [2.05, 4.69) is 0 Å². The second kappa shape index (κ2) is 7.40. The molecule has 3 rings (SSSR count). The molecule has 0 bridgehead atoms. The van der Waals surface area contributed by atoms with Crippen molar-refractivity contribution in [2.24, 2.45) is 0 Å². The minimum atomic E-state index is -0.466. The summed E-state index contributed by atoms with van der Waals surface area (Å²) in [6, 6.07) is 9.24. The number of ketones is 1. The Morgan fingerprint density at radius 3 is 2.50 bits per heavy atom. The summed E-state index contributed by atoms with van der Waals surface area (Å²) in [4.78, 5) is 23.8.